The molecule has 2 rings (SSSR count). The van der Waals surface area contributed by atoms with E-state index in [4.69, 9.17) is 0 Å². The fraction of sp³-hybridized carbons (Fsp3) is 0.154. The van der Waals surface area contributed by atoms with Crippen LogP contribution in [0.25, 0.3) is 0 Å². The number of carbonyl (C=O) groups excluding carboxylic acids is 1. The summed E-state index contributed by atoms with van der Waals surface area (Å²) in [5, 5.41) is 16.2. The van der Waals surface area contributed by atoms with E-state index < -0.39 is 0 Å². The van der Waals surface area contributed by atoms with Crippen LogP contribution in [0.4, 0.5) is 0 Å². The lowest BCUT2D eigenvalue weighted by molar-refractivity contribution is 0.0950. The Balaban J connectivity index is 2.01. The number of phenols is 1. The summed E-state index contributed by atoms with van der Waals surface area (Å²) >= 11 is 1.62. The summed E-state index contributed by atoms with van der Waals surface area (Å²) in [7, 11) is 0. The van der Waals surface area contributed by atoms with Gasteiger partial charge in [0.15, 0.2) is 0 Å². The zero-order valence-corrected chi connectivity index (χ0v) is 10.3. The molecule has 0 saturated heterocycles. The van der Waals surface area contributed by atoms with Crippen molar-refractivity contribution >= 4 is 17.2 Å². The van der Waals surface area contributed by atoms with Crippen molar-refractivity contribution < 1.29 is 9.90 Å². The van der Waals surface area contributed by atoms with Crippen LogP contribution in [0.3, 0.4) is 0 Å². The van der Waals surface area contributed by atoms with Crippen LogP contribution in [0.2, 0.25) is 0 Å². The zero-order valence-electron chi connectivity index (χ0n) is 9.43. The maximum absolute atomic E-state index is 11.8. The third kappa shape index (κ3) is 2.85. The minimum Gasteiger partial charge on any atom is -0.508 e. The number of benzene rings is 1. The molecule has 0 atom stereocenters. The van der Waals surface area contributed by atoms with Gasteiger partial charge >= 0.3 is 0 Å². The van der Waals surface area contributed by atoms with Gasteiger partial charge in [-0.05, 0) is 47.0 Å². The fourth-order valence-electron chi connectivity index (χ4n) is 1.49. The SMILES string of the molecule is Cc1cscc1CNC(=O)c1cccc(O)c1. The van der Waals surface area contributed by atoms with Gasteiger partial charge in [0.2, 0.25) is 0 Å². The van der Waals surface area contributed by atoms with Gasteiger partial charge in [0.05, 0.1) is 0 Å². The van der Waals surface area contributed by atoms with Crippen molar-refractivity contribution in [2.45, 2.75) is 13.5 Å². The van der Waals surface area contributed by atoms with Gasteiger partial charge in [-0.1, -0.05) is 6.07 Å². The van der Waals surface area contributed by atoms with Crippen molar-refractivity contribution in [3.05, 3.63) is 51.7 Å². The van der Waals surface area contributed by atoms with Gasteiger partial charge in [-0.25, -0.2) is 0 Å². The lowest BCUT2D eigenvalue weighted by Gasteiger charge is -2.05. The first-order valence-corrected chi connectivity index (χ1v) is 6.20. The van der Waals surface area contributed by atoms with E-state index >= 15 is 0 Å². The molecule has 2 aromatic rings. The molecule has 0 aliphatic carbocycles. The summed E-state index contributed by atoms with van der Waals surface area (Å²) in [5.74, 6) is -0.0733. The Morgan fingerprint density at radius 2 is 2.24 bits per heavy atom. The van der Waals surface area contributed by atoms with Crippen molar-refractivity contribution in [3.63, 3.8) is 0 Å². The Morgan fingerprint density at radius 3 is 2.88 bits per heavy atom. The van der Waals surface area contributed by atoms with E-state index in [1.54, 1.807) is 29.5 Å². The monoisotopic (exact) mass is 247 g/mol. The van der Waals surface area contributed by atoms with Gasteiger partial charge in [-0.15, -0.1) is 0 Å². The predicted molar refractivity (Wildman–Crippen MR) is 68.3 cm³/mol. The average Bonchev–Trinajstić information content (AvgIpc) is 2.72. The number of aryl methyl sites for hydroxylation is 1. The van der Waals surface area contributed by atoms with E-state index in [0.717, 1.165) is 5.56 Å². The van der Waals surface area contributed by atoms with Gasteiger partial charge in [-0.3, -0.25) is 4.79 Å². The van der Waals surface area contributed by atoms with Crippen LogP contribution in [-0.2, 0) is 6.54 Å². The van der Waals surface area contributed by atoms with E-state index in [2.05, 4.69) is 10.7 Å². The molecule has 88 valence electrons. The van der Waals surface area contributed by atoms with E-state index in [0.29, 0.717) is 12.1 Å². The Hall–Kier alpha value is -1.81. The molecular weight excluding hydrogens is 234 g/mol. The summed E-state index contributed by atoms with van der Waals surface area (Å²) in [6.07, 6.45) is 0. The summed E-state index contributed by atoms with van der Waals surface area (Å²) in [6.45, 7) is 2.54. The van der Waals surface area contributed by atoms with Crippen molar-refractivity contribution in [1.29, 1.82) is 0 Å². The molecule has 0 unspecified atom stereocenters. The van der Waals surface area contributed by atoms with Crippen LogP contribution in [0.5, 0.6) is 5.75 Å². The molecule has 17 heavy (non-hydrogen) atoms. The average molecular weight is 247 g/mol. The summed E-state index contributed by atoms with van der Waals surface area (Å²) < 4.78 is 0. The van der Waals surface area contributed by atoms with E-state index in [1.807, 2.05) is 12.3 Å². The van der Waals surface area contributed by atoms with Gasteiger partial charge in [0.25, 0.3) is 5.91 Å². The number of hydrogen-bond donors (Lipinski definition) is 2. The molecule has 0 aliphatic rings. The molecule has 1 aromatic heterocycles. The maximum Gasteiger partial charge on any atom is 0.251 e. The molecule has 0 saturated carbocycles. The second kappa shape index (κ2) is 5.01. The van der Waals surface area contributed by atoms with E-state index in [9.17, 15) is 9.90 Å². The highest BCUT2D eigenvalue weighted by molar-refractivity contribution is 7.08. The number of hydrogen-bond acceptors (Lipinski definition) is 3. The largest absolute Gasteiger partial charge is 0.508 e. The van der Waals surface area contributed by atoms with Gasteiger partial charge < -0.3 is 10.4 Å². The third-order valence-corrected chi connectivity index (χ3v) is 3.42. The van der Waals surface area contributed by atoms with Crippen LogP contribution in [0.1, 0.15) is 21.5 Å². The molecule has 4 heteroatoms. The molecule has 0 bridgehead atoms. The van der Waals surface area contributed by atoms with Crippen LogP contribution in [0.15, 0.2) is 35.0 Å². The third-order valence-electron chi connectivity index (χ3n) is 2.51. The van der Waals surface area contributed by atoms with Crippen LogP contribution in [-0.4, -0.2) is 11.0 Å². The topological polar surface area (TPSA) is 49.3 Å². The van der Waals surface area contributed by atoms with Crippen LogP contribution >= 0.6 is 11.3 Å². The summed E-state index contributed by atoms with van der Waals surface area (Å²) in [5.41, 5.74) is 2.78. The molecule has 1 amide bonds. The Labute approximate surface area is 104 Å². The maximum atomic E-state index is 11.8. The smallest absolute Gasteiger partial charge is 0.251 e. The normalized spacial score (nSPS) is 10.2. The highest BCUT2D eigenvalue weighted by Gasteiger charge is 2.06. The number of thiophene rings is 1. The number of rotatable bonds is 3. The Bertz CT molecular complexity index is 534. The molecule has 2 N–H and O–H groups in total. The number of phenolic OH excluding ortho intramolecular Hbond substituents is 1. The molecular formula is C13H13NO2S. The highest BCUT2D eigenvalue weighted by atomic mass is 32.1. The number of carbonyl (C=O) groups is 1. The Morgan fingerprint density at radius 1 is 1.41 bits per heavy atom. The first kappa shape index (κ1) is 11.7. The molecule has 0 radical (unpaired) electrons. The standard InChI is InChI=1S/C13H13NO2S/c1-9-7-17-8-11(9)6-14-13(16)10-3-2-4-12(15)5-10/h2-5,7-8,15H,6H2,1H3,(H,14,16). The molecule has 0 spiro atoms. The van der Waals surface area contributed by atoms with Crippen molar-refractivity contribution in [3.8, 4) is 5.75 Å². The quantitative estimate of drug-likeness (QED) is 0.876. The van der Waals surface area contributed by atoms with Gasteiger partial charge in [0, 0.05) is 12.1 Å². The lowest BCUT2D eigenvalue weighted by atomic mass is 10.2. The van der Waals surface area contributed by atoms with Crippen LogP contribution < -0.4 is 5.32 Å². The first-order valence-electron chi connectivity index (χ1n) is 5.25. The molecule has 1 aromatic carbocycles. The minimum absolute atomic E-state index is 0.101. The second-order valence-electron chi connectivity index (χ2n) is 3.81. The van der Waals surface area contributed by atoms with Gasteiger partial charge in [0.1, 0.15) is 5.75 Å². The first-order chi connectivity index (χ1) is 8.16. The molecule has 0 fully saturated rings. The van der Waals surface area contributed by atoms with Crippen LogP contribution in [0, 0.1) is 6.92 Å². The van der Waals surface area contributed by atoms with Gasteiger partial charge in [-0.2, -0.15) is 11.3 Å². The molecule has 1 heterocycles. The number of aromatic hydroxyl groups is 1. The van der Waals surface area contributed by atoms with Crippen molar-refractivity contribution in [2.75, 3.05) is 0 Å². The molecule has 0 aliphatic heterocycles. The van der Waals surface area contributed by atoms with Crippen molar-refractivity contribution in [1.82, 2.24) is 5.32 Å². The number of nitrogens with one attached hydrogen (secondary N) is 1. The minimum atomic E-state index is -0.175. The number of amides is 1. The molecule has 3 nitrogen and oxygen atoms in total. The van der Waals surface area contributed by atoms with Crippen molar-refractivity contribution in [2.24, 2.45) is 0 Å². The second-order valence-corrected chi connectivity index (χ2v) is 4.56. The fourth-order valence-corrected chi connectivity index (χ4v) is 2.35. The summed E-state index contributed by atoms with van der Waals surface area (Å²) in [6, 6.07) is 6.32. The zero-order chi connectivity index (χ0) is 12.3. The summed E-state index contributed by atoms with van der Waals surface area (Å²) in [4.78, 5) is 11.8. The highest BCUT2D eigenvalue weighted by Crippen LogP contribution is 2.14. The van der Waals surface area contributed by atoms with E-state index in [1.165, 1.54) is 11.6 Å². The lowest BCUT2D eigenvalue weighted by Crippen LogP contribution is -2.22. The predicted octanol–water partition coefficient (Wildman–Crippen LogP) is 2.69. The van der Waals surface area contributed by atoms with E-state index in [-0.39, 0.29) is 11.7 Å². The Kier molecular flexibility index (Phi) is 3.44.